The molecule has 0 radical (unpaired) electrons. The summed E-state index contributed by atoms with van der Waals surface area (Å²) in [6.07, 6.45) is 3.43. The van der Waals surface area contributed by atoms with Gasteiger partial charge in [0.05, 0.1) is 5.70 Å². The number of nitrogens with zero attached hydrogens (tertiary/aromatic N) is 3. The van der Waals surface area contributed by atoms with E-state index < -0.39 is 0 Å². The van der Waals surface area contributed by atoms with Crippen molar-refractivity contribution in [2.45, 2.75) is 0 Å². The van der Waals surface area contributed by atoms with Crippen molar-refractivity contribution in [3.8, 4) is 0 Å². The molecule has 0 spiro atoms. The van der Waals surface area contributed by atoms with Crippen LogP contribution in [0.15, 0.2) is 16.9 Å². The lowest BCUT2D eigenvalue weighted by Crippen LogP contribution is -2.44. The quantitative estimate of drug-likeness (QED) is 0.598. The number of hydrogen-bond donors (Lipinski definition) is 1. The molecule has 1 saturated heterocycles. The number of likely N-dealkylation sites (N-methyl/N-ethyl adjacent to an activating group) is 1. The van der Waals surface area contributed by atoms with Gasteiger partial charge in [0.1, 0.15) is 0 Å². The van der Waals surface area contributed by atoms with Gasteiger partial charge in [0.2, 0.25) is 0 Å². The monoisotopic (exact) mass is 182 g/mol. The molecule has 0 aliphatic carbocycles. The van der Waals surface area contributed by atoms with E-state index in [0.717, 1.165) is 31.9 Å². The van der Waals surface area contributed by atoms with Crippen LogP contribution in [0.2, 0.25) is 0 Å². The van der Waals surface area contributed by atoms with Gasteiger partial charge in [-0.2, -0.15) is 0 Å². The third-order valence-corrected chi connectivity index (χ3v) is 2.30. The highest BCUT2D eigenvalue weighted by molar-refractivity contribution is 5.77. The van der Waals surface area contributed by atoms with Crippen molar-refractivity contribution in [3.63, 3.8) is 0 Å². The Kier molecular flexibility index (Phi) is 3.76. The van der Waals surface area contributed by atoms with Crippen molar-refractivity contribution in [2.75, 3.05) is 40.3 Å². The molecule has 0 amide bonds. The molecule has 1 aliphatic rings. The first kappa shape index (κ1) is 10.1. The summed E-state index contributed by atoms with van der Waals surface area (Å²) in [6, 6.07) is 0. The zero-order chi connectivity index (χ0) is 9.68. The fourth-order valence-electron chi connectivity index (χ4n) is 1.43. The molecule has 1 heterocycles. The average molecular weight is 182 g/mol. The van der Waals surface area contributed by atoms with Crippen LogP contribution in [0.1, 0.15) is 0 Å². The molecular weight excluding hydrogens is 164 g/mol. The zero-order valence-electron chi connectivity index (χ0n) is 8.40. The summed E-state index contributed by atoms with van der Waals surface area (Å²) in [5.74, 6) is 0. The van der Waals surface area contributed by atoms with E-state index in [1.54, 1.807) is 13.2 Å². The van der Waals surface area contributed by atoms with Crippen LogP contribution in [0, 0.1) is 0 Å². The summed E-state index contributed by atoms with van der Waals surface area (Å²) in [6.45, 7) is 4.25. The van der Waals surface area contributed by atoms with Crippen molar-refractivity contribution in [1.29, 1.82) is 0 Å². The molecule has 0 aromatic heterocycles. The van der Waals surface area contributed by atoms with Crippen molar-refractivity contribution in [2.24, 2.45) is 10.7 Å². The highest BCUT2D eigenvalue weighted by Gasteiger charge is 2.14. The van der Waals surface area contributed by atoms with E-state index in [4.69, 9.17) is 5.73 Å². The molecular formula is C9H18N4. The highest BCUT2D eigenvalue weighted by Crippen LogP contribution is 2.05. The average Bonchev–Trinajstić information content (AvgIpc) is 2.16. The minimum Gasteiger partial charge on any atom is -0.403 e. The predicted octanol–water partition coefficient (Wildman–Crippen LogP) is -0.265. The largest absolute Gasteiger partial charge is 0.403 e. The molecule has 0 bridgehead atoms. The number of nitrogens with two attached hydrogens (primary N) is 1. The second-order valence-corrected chi connectivity index (χ2v) is 3.27. The van der Waals surface area contributed by atoms with Crippen molar-refractivity contribution < 1.29 is 0 Å². The summed E-state index contributed by atoms with van der Waals surface area (Å²) in [7, 11) is 3.90. The van der Waals surface area contributed by atoms with Gasteiger partial charge in [-0.25, -0.2) is 0 Å². The van der Waals surface area contributed by atoms with Crippen molar-refractivity contribution >= 4 is 6.21 Å². The molecule has 4 heteroatoms. The van der Waals surface area contributed by atoms with Crippen LogP contribution in [0.25, 0.3) is 0 Å². The molecule has 13 heavy (non-hydrogen) atoms. The molecule has 0 aromatic carbocycles. The zero-order valence-corrected chi connectivity index (χ0v) is 8.40. The minimum atomic E-state index is 1.02. The molecule has 1 rings (SSSR count). The van der Waals surface area contributed by atoms with E-state index in [2.05, 4.69) is 21.8 Å². The number of allylic oxidation sites excluding steroid dienone is 1. The van der Waals surface area contributed by atoms with Gasteiger partial charge >= 0.3 is 0 Å². The van der Waals surface area contributed by atoms with Gasteiger partial charge in [-0.3, -0.25) is 4.99 Å². The van der Waals surface area contributed by atoms with Crippen molar-refractivity contribution in [3.05, 3.63) is 11.9 Å². The van der Waals surface area contributed by atoms with Crippen LogP contribution >= 0.6 is 0 Å². The maximum atomic E-state index is 5.52. The van der Waals surface area contributed by atoms with E-state index in [0.29, 0.717) is 0 Å². The number of aliphatic imine (C=N–C) groups is 1. The van der Waals surface area contributed by atoms with Gasteiger partial charge < -0.3 is 15.5 Å². The van der Waals surface area contributed by atoms with Gasteiger partial charge in [0, 0.05) is 45.6 Å². The van der Waals surface area contributed by atoms with Crippen LogP contribution in [-0.4, -0.2) is 56.3 Å². The Morgan fingerprint density at radius 3 is 2.38 bits per heavy atom. The Balaban J connectivity index is 2.52. The molecule has 0 aromatic rings. The Labute approximate surface area is 79.7 Å². The van der Waals surface area contributed by atoms with Crippen LogP contribution in [0.4, 0.5) is 0 Å². The summed E-state index contributed by atoms with van der Waals surface area (Å²) in [5, 5.41) is 0. The molecule has 1 fully saturated rings. The van der Waals surface area contributed by atoms with Crippen molar-refractivity contribution in [1.82, 2.24) is 9.80 Å². The Hall–Kier alpha value is -1.03. The first-order valence-corrected chi connectivity index (χ1v) is 4.55. The topological polar surface area (TPSA) is 44.9 Å². The van der Waals surface area contributed by atoms with Crippen LogP contribution in [-0.2, 0) is 0 Å². The molecule has 2 N–H and O–H groups in total. The first-order valence-electron chi connectivity index (χ1n) is 4.55. The smallest absolute Gasteiger partial charge is 0.0705 e. The Morgan fingerprint density at radius 2 is 1.92 bits per heavy atom. The molecule has 0 unspecified atom stereocenters. The second-order valence-electron chi connectivity index (χ2n) is 3.27. The Morgan fingerprint density at radius 1 is 1.31 bits per heavy atom. The summed E-state index contributed by atoms with van der Waals surface area (Å²) >= 11 is 0. The summed E-state index contributed by atoms with van der Waals surface area (Å²) < 4.78 is 0. The van der Waals surface area contributed by atoms with Crippen LogP contribution in [0.5, 0.6) is 0 Å². The van der Waals surface area contributed by atoms with E-state index in [9.17, 15) is 0 Å². The standard InChI is InChI=1S/C9H18N4/c1-11-8-9(7-10)13-5-3-12(2)4-6-13/h7-8H,3-6,10H2,1-2H3. The highest BCUT2D eigenvalue weighted by atomic mass is 15.3. The van der Waals surface area contributed by atoms with Crippen LogP contribution in [0.3, 0.4) is 0 Å². The maximum absolute atomic E-state index is 5.52. The van der Waals surface area contributed by atoms with E-state index in [1.165, 1.54) is 0 Å². The lowest BCUT2D eigenvalue weighted by Gasteiger charge is -2.34. The molecule has 0 atom stereocenters. The predicted molar refractivity (Wildman–Crippen MR) is 55.8 cm³/mol. The van der Waals surface area contributed by atoms with E-state index >= 15 is 0 Å². The third kappa shape index (κ3) is 2.73. The molecule has 4 nitrogen and oxygen atoms in total. The lowest BCUT2D eigenvalue weighted by atomic mass is 10.3. The third-order valence-electron chi connectivity index (χ3n) is 2.30. The van der Waals surface area contributed by atoms with Crippen LogP contribution < -0.4 is 5.73 Å². The summed E-state index contributed by atoms with van der Waals surface area (Å²) in [5.41, 5.74) is 6.54. The molecule has 0 saturated carbocycles. The van der Waals surface area contributed by atoms with E-state index in [1.807, 2.05) is 6.21 Å². The van der Waals surface area contributed by atoms with Gasteiger partial charge in [-0.1, -0.05) is 0 Å². The number of hydrogen-bond acceptors (Lipinski definition) is 4. The van der Waals surface area contributed by atoms with Gasteiger partial charge in [-0.05, 0) is 7.05 Å². The number of rotatable bonds is 2. The minimum absolute atomic E-state index is 1.02. The fraction of sp³-hybridized carbons (Fsp3) is 0.667. The van der Waals surface area contributed by atoms with E-state index in [-0.39, 0.29) is 0 Å². The maximum Gasteiger partial charge on any atom is 0.0705 e. The Bertz CT molecular complexity index is 202. The molecule has 74 valence electrons. The molecule has 1 aliphatic heterocycles. The second kappa shape index (κ2) is 4.87. The van der Waals surface area contributed by atoms with Gasteiger partial charge in [0.25, 0.3) is 0 Å². The van der Waals surface area contributed by atoms with Gasteiger partial charge in [0.15, 0.2) is 0 Å². The number of piperazine rings is 1. The lowest BCUT2D eigenvalue weighted by molar-refractivity contribution is 0.192. The fourth-order valence-corrected chi connectivity index (χ4v) is 1.43. The first-order chi connectivity index (χ1) is 6.27. The SMILES string of the molecule is CN=CC(=CN)N1CCN(C)CC1. The summed E-state index contributed by atoms with van der Waals surface area (Å²) in [4.78, 5) is 8.54. The van der Waals surface area contributed by atoms with Gasteiger partial charge in [-0.15, -0.1) is 0 Å². The normalized spacial score (nSPS) is 21.4.